The highest BCUT2D eigenvalue weighted by Crippen LogP contribution is 2.36. The van der Waals surface area contributed by atoms with Crippen molar-refractivity contribution in [3.8, 4) is 0 Å². The molecule has 0 amide bonds. The molecule has 2 aliphatic rings. The van der Waals surface area contributed by atoms with Gasteiger partial charge in [0.05, 0.1) is 12.7 Å². The lowest BCUT2D eigenvalue weighted by Gasteiger charge is -2.49. The molecule has 0 radical (unpaired) electrons. The quantitative estimate of drug-likeness (QED) is 0.831. The van der Waals surface area contributed by atoms with E-state index in [1.54, 1.807) is 0 Å². The van der Waals surface area contributed by atoms with Crippen molar-refractivity contribution in [1.29, 1.82) is 0 Å². The van der Waals surface area contributed by atoms with Gasteiger partial charge in [-0.05, 0) is 32.4 Å². The number of likely N-dealkylation sites (N-methyl/N-ethyl adjacent to an activating group) is 2. The first kappa shape index (κ1) is 16.2. The van der Waals surface area contributed by atoms with Crippen LogP contribution in [0.2, 0.25) is 0 Å². The molecule has 0 aromatic carbocycles. The third kappa shape index (κ3) is 3.73. The van der Waals surface area contributed by atoms with E-state index in [9.17, 15) is 0 Å². The van der Waals surface area contributed by atoms with Gasteiger partial charge in [-0.1, -0.05) is 26.7 Å². The largest absolute Gasteiger partial charge is 0.374 e. The van der Waals surface area contributed by atoms with Gasteiger partial charge >= 0.3 is 0 Å². The molecule has 4 heteroatoms. The molecular weight excluding hydrogens is 250 g/mol. The molecule has 1 saturated carbocycles. The molecular formula is C16H33N3O. The summed E-state index contributed by atoms with van der Waals surface area (Å²) in [6.07, 6.45) is 5.53. The molecule has 0 aromatic heterocycles. The van der Waals surface area contributed by atoms with Crippen LogP contribution in [0.3, 0.4) is 0 Å². The van der Waals surface area contributed by atoms with Gasteiger partial charge in [-0.15, -0.1) is 0 Å². The lowest BCUT2D eigenvalue weighted by Crippen LogP contribution is -2.59. The minimum absolute atomic E-state index is 0.214. The number of hydrogen-bond acceptors (Lipinski definition) is 4. The predicted octanol–water partition coefficient (Wildman–Crippen LogP) is 1.55. The molecule has 2 fully saturated rings. The normalized spacial score (nSPS) is 36.5. The van der Waals surface area contributed by atoms with Gasteiger partial charge in [-0.3, -0.25) is 4.90 Å². The van der Waals surface area contributed by atoms with Crippen LogP contribution in [-0.4, -0.2) is 67.8 Å². The number of hydrogen-bond donors (Lipinski definition) is 1. The zero-order chi connectivity index (χ0) is 14.6. The molecule has 3 atom stereocenters. The average Bonchev–Trinajstić information content (AvgIpc) is 2.44. The van der Waals surface area contributed by atoms with E-state index in [0.29, 0.717) is 6.10 Å². The van der Waals surface area contributed by atoms with E-state index in [1.165, 1.54) is 25.7 Å². The summed E-state index contributed by atoms with van der Waals surface area (Å²) in [5, 5.41) is 0. The first-order chi connectivity index (χ1) is 9.59. The van der Waals surface area contributed by atoms with Gasteiger partial charge in [0.15, 0.2) is 0 Å². The molecule has 1 heterocycles. The first-order valence-electron chi connectivity index (χ1n) is 8.35. The van der Waals surface area contributed by atoms with Gasteiger partial charge in [0.1, 0.15) is 0 Å². The zero-order valence-corrected chi connectivity index (χ0v) is 13.6. The molecule has 0 aromatic rings. The summed E-state index contributed by atoms with van der Waals surface area (Å²) in [7, 11) is 2.19. The van der Waals surface area contributed by atoms with Crippen molar-refractivity contribution in [2.75, 3.05) is 46.4 Å². The molecule has 1 saturated heterocycles. The molecule has 1 aliphatic heterocycles. The smallest absolute Gasteiger partial charge is 0.0829 e. The Bertz CT molecular complexity index is 299. The van der Waals surface area contributed by atoms with Crippen LogP contribution in [0.15, 0.2) is 0 Å². The van der Waals surface area contributed by atoms with Crippen molar-refractivity contribution in [3.05, 3.63) is 0 Å². The van der Waals surface area contributed by atoms with Crippen LogP contribution >= 0.6 is 0 Å². The van der Waals surface area contributed by atoms with E-state index in [0.717, 1.165) is 45.2 Å². The fraction of sp³-hybridized carbons (Fsp3) is 1.00. The fourth-order valence-electron chi connectivity index (χ4n) is 4.12. The van der Waals surface area contributed by atoms with E-state index >= 15 is 0 Å². The first-order valence-corrected chi connectivity index (χ1v) is 8.35. The minimum atomic E-state index is 0.214. The Labute approximate surface area is 124 Å². The van der Waals surface area contributed by atoms with Crippen molar-refractivity contribution in [2.45, 2.75) is 51.2 Å². The van der Waals surface area contributed by atoms with Crippen molar-refractivity contribution >= 4 is 0 Å². The van der Waals surface area contributed by atoms with Crippen LogP contribution in [0, 0.1) is 5.92 Å². The Kier molecular flexibility index (Phi) is 5.84. The Morgan fingerprint density at radius 2 is 2.25 bits per heavy atom. The predicted molar refractivity (Wildman–Crippen MR) is 83.9 cm³/mol. The van der Waals surface area contributed by atoms with Crippen molar-refractivity contribution in [2.24, 2.45) is 11.7 Å². The van der Waals surface area contributed by atoms with Crippen molar-refractivity contribution in [3.63, 3.8) is 0 Å². The van der Waals surface area contributed by atoms with Crippen molar-refractivity contribution in [1.82, 2.24) is 9.80 Å². The summed E-state index contributed by atoms with van der Waals surface area (Å²) in [5.41, 5.74) is 6.43. The Hall–Kier alpha value is -0.160. The zero-order valence-electron chi connectivity index (χ0n) is 13.6. The summed E-state index contributed by atoms with van der Waals surface area (Å²) in [4.78, 5) is 4.99. The molecule has 0 spiro atoms. The molecule has 4 nitrogen and oxygen atoms in total. The molecule has 2 rings (SSSR count). The van der Waals surface area contributed by atoms with Gasteiger partial charge in [-0.2, -0.15) is 0 Å². The third-order valence-corrected chi connectivity index (χ3v) is 5.27. The highest BCUT2D eigenvalue weighted by Gasteiger charge is 2.39. The highest BCUT2D eigenvalue weighted by molar-refractivity contribution is 4.96. The van der Waals surface area contributed by atoms with Crippen LogP contribution in [0.4, 0.5) is 0 Å². The SMILES string of the molecule is CCN(CC1CN(C)CCO1)C1(CN)CCCC(C)C1. The summed E-state index contributed by atoms with van der Waals surface area (Å²) in [6, 6.07) is 0. The third-order valence-electron chi connectivity index (χ3n) is 5.27. The Morgan fingerprint density at radius 3 is 2.85 bits per heavy atom. The summed E-state index contributed by atoms with van der Waals surface area (Å²) >= 11 is 0. The van der Waals surface area contributed by atoms with Gasteiger partial charge < -0.3 is 15.4 Å². The maximum absolute atomic E-state index is 6.22. The van der Waals surface area contributed by atoms with Crippen molar-refractivity contribution < 1.29 is 4.74 Å². The Balaban J connectivity index is 2.01. The number of rotatable bonds is 5. The van der Waals surface area contributed by atoms with Crippen LogP contribution < -0.4 is 5.73 Å². The van der Waals surface area contributed by atoms with Gasteiger partial charge in [-0.25, -0.2) is 0 Å². The number of morpholine rings is 1. The van der Waals surface area contributed by atoms with E-state index in [-0.39, 0.29) is 5.54 Å². The summed E-state index contributed by atoms with van der Waals surface area (Å²) in [5.74, 6) is 0.802. The van der Waals surface area contributed by atoms with Crippen LogP contribution in [0.1, 0.15) is 39.5 Å². The highest BCUT2D eigenvalue weighted by atomic mass is 16.5. The molecule has 20 heavy (non-hydrogen) atoms. The number of ether oxygens (including phenoxy) is 1. The van der Waals surface area contributed by atoms with Gasteiger partial charge in [0.2, 0.25) is 0 Å². The van der Waals surface area contributed by atoms with Gasteiger partial charge in [0.25, 0.3) is 0 Å². The van der Waals surface area contributed by atoms with Crippen LogP contribution in [0.25, 0.3) is 0 Å². The number of nitrogens with two attached hydrogens (primary N) is 1. The molecule has 1 aliphatic carbocycles. The summed E-state index contributed by atoms with van der Waals surface area (Å²) in [6.45, 7) is 10.5. The maximum Gasteiger partial charge on any atom is 0.0829 e. The lowest BCUT2D eigenvalue weighted by molar-refractivity contribution is -0.0610. The lowest BCUT2D eigenvalue weighted by atomic mass is 9.75. The second-order valence-corrected chi connectivity index (χ2v) is 6.92. The second kappa shape index (κ2) is 7.21. The topological polar surface area (TPSA) is 41.7 Å². The van der Waals surface area contributed by atoms with Gasteiger partial charge in [0, 0.05) is 31.7 Å². The molecule has 2 N–H and O–H groups in total. The minimum Gasteiger partial charge on any atom is -0.374 e. The van der Waals surface area contributed by atoms with Crippen LogP contribution in [-0.2, 0) is 4.74 Å². The van der Waals surface area contributed by atoms with E-state index in [1.807, 2.05) is 0 Å². The number of nitrogens with zero attached hydrogens (tertiary/aromatic N) is 2. The second-order valence-electron chi connectivity index (χ2n) is 6.92. The van der Waals surface area contributed by atoms with E-state index in [2.05, 4.69) is 30.7 Å². The fourth-order valence-corrected chi connectivity index (χ4v) is 4.12. The molecule has 3 unspecified atom stereocenters. The Morgan fingerprint density at radius 1 is 1.45 bits per heavy atom. The van der Waals surface area contributed by atoms with Crippen LogP contribution in [0.5, 0.6) is 0 Å². The maximum atomic E-state index is 6.22. The molecule has 118 valence electrons. The average molecular weight is 283 g/mol. The standard InChI is InChI=1S/C16H33N3O/c1-4-19(12-15-11-18(3)8-9-20-15)16(13-17)7-5-6-14(2)10-16/h14-15H,4-13,17H2,1-3H3. The van der Waals surface area contributed by atoms with E-state index in [4.69, 9.17) is 10.5 Å². The summed E-state index contributed by atoms with van der Waals surface area (Å²) < 4.78 is 5.96. The van der Waals surface area contributed by atoms with E-state index < -0.39 is 0 Å². The monoisotopic (exact) mass is 283 g/mol. The molecule has 0 bridgehead atoms.